The maximum Gasteiger partial charge on any atom is 0.256 e. The van der Waals surface area contributed by atoms with Gasteiger partial charge in [0.15, 0.2) is 0 Å². The monoisotopic (exact) mass is 557 g/mol. The van der Waals surface area contributed by atoms with Crippen LogP contribution >= 0.6 is 11.3 Å². The van der Waals surface area contributed by atoms with Crippen LogP contribution in [-0.2, 0) is 4.79 Å². The Morgan fingerprint density at radius 3 is 2.55 bits per heavy atom. The third kappa shape index (κ3) is 4.62. The quantitative estimate of drug-likeness (QED) is 0.314. The summed E-state index contributed by atoms with van der Waals surface area (Å²) in [6.07, 6.45) is 1.88. The summed E-state index contributed by atoms with van der Waals surface area (Å²) in [5.74, 6) is -0.489. The van der Waals surface area contributed by atoms with Crippen molar-refractivity contribution in [2.45, 2.75) is 39.5 Å². The third-order valence-electron chi connectivity index (χ3n) is 7.58. The predicted molar refractivity (Wildman–Crippen MR) is 150 cm³/mol. The summed E-state index contributed by atoms with van der Waals surface area (Å²) in [6, 6.07) is 15.8. The molecule has 4 aromatic rings. The van der Waals surface area contributed by atoms with Gasteiger partial charge in [0, 0.05) is 35.7 Å². The Labute approximate surface area is 235 Å². The van der Waals surface area contributed by atoms with Crippen LogP contribution in [0.4, 0.5) is 9.52 Å². The first kappa shape index (κ1) is 26.1. The molecule has 2 aliphatic heterocycles. The predicted octanol–water partition coefficient (Wildman–Crippen LogP) is 6.19. The molecule has 1 atom stereocenters. The van der Waals surface area contributed by atoms with Gasteiger partial charge >= 0.3 is 0 Å². The molecule has 10 heteroatoms. The number of hydrogen-bond acceptors (Lipinski definition) is 7. The van der Waals surface area contributed by atoms with E-state index in [1.807, 2.05) is 51.1 Å². The topological polar surface area (TPSA) is 97.3 Å². The van der Waals surface area contributed by atoms with E-state index in [-0.39, 0.29) is 23.3 Å². The molecule has 2 amide bonds. The van der Waals surface area contributed by atoms with Gasteiger partial charge in [0.2, 0.25) is 16.9 Å². The molecule has 0 spiro atoms. The number of carbonyl (C=O) groups excluding carboxylic acids is 2. The highest BCUT2D eigenvalue weighted by Crippen LogP contribution is 2.52. The first-order valence-corrected chi connectivity index (χ1v) is 14.0. The number of aryl methyl sites for hydroxylation is 1. The van der Waals surface area contributed by atoms with Gasteiger partial charge in [-0.25, -0.2) is 9.37 Å². The highest BCUT2D eigenvalue weighted by molar-refractivity contribution is 7.15. The van der Waals surface area contributed by atoms with Gasteiger partial charge in [-0.2, -0.15) is 0 Å². The standard InChI is InChI=1S/C30H28FN5O3S/c1-17-34-35-29(40-17)33-28(38)30(2,3)25-20-8-4-5-9-24(20)39-26-21(25)12-13-23(32-26)18-10-11-19(22(31)16-18)27(37)36-14-6-7-15-36/h4-5,8-13,16,25H,6-7,14-15H2,1-3H3,(H,33,35,38). The normalized spacial score (nSPS) is 16.2. The van der Waals surface area contributed by atoms with Crippen molar-refractivity contribution in [3.05, 3.63) is 82.1 Å². The molecular weight excluding hydrogens is 529 g/mol. The molecule has 0 aliphatic carbocycles. The molecule has 0 bridgehead atoms. The van der Waals surface area contributed by atoms with E-state index < -0.39 is 11.2 Å². The summed E-state index contributed by atoms with van der Waals surface area (Å²) in [4.78, 5) is 32.7. The number of nitrogens with one attached hydrogen (secondary N) is 1. The Balaban J connectivity index is 1.35. The van der Waals surface area contributed by atoms with Crippen molar-refractivity contribution in [1.82, 2.24) is 20.1 Å². The molecule has 1 unspecified atom stereocenters. The molecule has 4 heterocycles. The first-order valence-electron chi connectivity index (χ1n) is 13.2. The average Bonchev–Trinajstić information content (AvgIpc) is 3.63. The Hall–Kier alpha value is -4.18. The average molecular weight is 558 g/mol. The zero-order valence-corrected chi connectivity index (χ0v) is 23.2. The summed E-state index contributed by atoms with van der Waals surface area (Å²) in [5.41, 5.74) is 1.79. The van der Waals surface area contributed by atoms with Crippen molar-refractivity contribution in [2.24, 2.45) is 5.41 Å². The minimum atomic E-state index is -0.916. The molecule has 204 valence electrons. The number of aromatic nitrogens is 3. The Morgan fingerprint density at radius 1 is 1.05 bits per heavy atom. The number of amides is 2. The van der Waals surface area contributed by atoms with Gasteiger partial charge in [-0.3, -0.25) is 9.59 Å². The van der Waals surface area contributed by atoms with E-state index in [2.05, 4.69) is 15.5 Å². The summed E-state index contributed by atoms with van der Waals surface area (Å²) in [7, 11) is 0. The highest BCUT2D eigenvalue weighted by atomic mass is 32.1. The molecular formula is C30H28FN5O3S. The van der Waals surface area contributed by atoms with Crippen LogP contribution in [0.25, 0.3) is 11.3 Å². The number of likely N-dealkylation sites (tertiary alicyclic amines) is 1. The SMILES string of the molecule is Cc1nnc(NC(=O)C(C)(C)C2c3ccccc3Oc3nc(-c4ccc(C(=O)N5CCCC5)c(F)c4)ccc32)s1. The number of hydrogen-bond donors (Lipinski definition) is 1. The summed E-state index contributed by atoms with van der Waals surface area (Å²) >= 11 is 1.31. The molecule has 2 aliphatic rings. The van der Waals surface area contributed by atoms with Gasteiger partial charge in [0.25, 0.3) is 5.91 Å². The van der Waals surface area contributed by atoms with Crippen molar-refractivity contribution >= 4 is 28.3 Å². The smallest absolute Gasteiger partial charge is 0.256 e. The van der Waals surface area contributed by atoms with Crippen LogP contribution in [0.3, 0.4) is 0 Å². The Morgan fingerprint density at radius 2 is 1.82 bits per heavy atom. The molecule has 6 rings (SSSR count). The molecule has 0 saturated carbocycles. The van der Waals surface area contributed by atoms with E-state index >= 15 is 4.39 Å². The minimum absolute atomic E-state index is 0.0623. The van der Waals surface area contributed by atoms with Crippen LogP contribution in [0.1, 0.15) is 59.1 Å². The lowest BCUT2D eigenvalue weighted by Crippen LogP contribution is -2.38. The lowest BCUT2D eigenvalue weighted by atomic mass is 9.69. The van der Waals surface area contributed by atoms with E-state index in [4.69, 9.17) is 9.72 Å². The van der Waals surface area contributed by atoms with Crippen molar-refractivity contribution in [3.63, 3.8) is 0 Å². The molecule has 8 nitrogen and oxygen atoms in total. The van der Waals surface area contributed by atoms with Gasteiger partial charge in [0.1, 0.15) is 16.6 Å². The number of benzene rings is 2. The van der Waals surface area contributed by atoms with Gasteiger partial charge in [-0.15, -0.1) is 10.2 Å². The molecule has 1 fully saturated rings. The largest absolute Gasteiger partial charge is 0.438 e. The van der Waals surface area contributed by atoms with Crippen LogP contribution in [0, 0.1) is 18.2 Å². The maximum atomic E-state index is 15.1. The van der Waals surface area contributed by atoms with E-state index in [0.29, 0.717) is 41.1 Å². The molecule has 2 aromatic heterocycles. The number of pyridine rings is 1. The number of carbonyl (C=O) groups is 2. The lowest BCUT2D eigenvalue weighted by molar-refractivity contribution is -0.124. The van der Waals surface area contributed by atoms with Gasteiger partial charge in [-0.05, 0) is 44.0 Å². The van der Waals surface area contributed by atoms with Crippen LogP contribution in [-0.4, -0.2) is 45.0 Å². The fraction of sp³-hybridized carbons (Fsp3) is 0.300. The number of nitrogens with zero attached hydrogens (tertiary/aromatic N) is 4. The maximum absolute atomic E-state index is 15.1. The highest BCUT2D eigenvalue weighted by Gasteiger charge is 2.44. The van der Waals surface area contributed by atoms with E-state index in [1.165, 1.54) is 23.5 Å². The fourth-order valence-electron chi connectivity index (χ4n) is 5.45. The van der Waals surface area contributed by atoms with Crippen LogP contribution in [0.2, 0.25) is 0 Å². The summed E-state index contributed by atoms with van der Waals surface area (Å²) < 4.78 is 21.3. The second kappa shape index (κ2) is 10.1. The number of rotatable bonds is 5. The minimum Gasteiger partial charge on any atom is -0.438 e. The number of halogens is 1. The molecule has 1 saturated heterocycles. The van der Waals surface area contributed by atoms with Crippen LogP contribution in [0.15, 0.2) is 54.6 Å². The van der Waals surface area contributed by atoms with Gasteiger partial charge < -0.3 is 15.0 Å². The van der Waals surface area contributed by atoms with Crippen molar-refractivity contribution in [3.8, 4) is 22.9 Å². The van der Waals surface area contributed by atoms with Crippen molar-refractivity contribution in [1.29, 1.82) is 0 Å². The fourth-order valence-corrected chi connectivity index (χ4v) is 6.04. The Bertz CT molecular complexity index is 1630. The second-order valence-corrected chi connectivity index (χ2v) is 11.8. The molecule has 0 radical (unpaired) electrons. The van der Waals surface area contributed by atoms with E-state index in [9.17, 15) is 9.59 Å². The van der Waals surface area contributed by atoms with E-state index in [1.54, 1.807) is 17.0 Å². The number of ether oxygens (including phenoxy) is 1. The zero-order valence-electron chi connectivity index (χ0n) is 22.4. The second-order valence-electron chi connectivity index (χ2n) is 10.7. The van der Waals surface area contributed by atoms with Crippen LogP contribution in [0.5, 0.6) is 11.6 Å². The molecule has 40 heavy (non-hydrogen) atoms. The first-order chi connectivity index (χ1) is 19.2. The summed E-state index contributed by atoms with van der Waals surface area (Å²) in [5, 5.41) is 12.1. The van der Waals surface area contributed by atoms with E-state index in [0.717, 1.165) is 29.0 Å². The lowest BCUT2D eigenvalue weighted by Gasteiger charge is -2.37. The van der Waals surface area contributed by atoms with Gasteiger partial charge in [0.05, 0.1) is 16.7 Å². The number of fused-ring (bicyclic) bond motifs is 2. The van der Waals surface area contributed by atoms with Gasteiger partial charge in [-0.1, -0.05) is 55.5 Å². The summed E-state index contributed by atoms with van der Waals surface area (Å²) in [6.45, 7) is 6.90. The zero-order chi connectivity index (χ0) is 28.0. The number of anilines is 1. The van der Waals surface area contributed by atoms with Crippen LogP contribution < -0.4 is 10.1 Å². The Kier molecular flexibility index (Phi) is 6.58. The molecule has 2 aromatic carbocycles. The van der Waals surface area contributed by atoms with Crippen molar-refractivity contribution in [2.75, 3.05) is 18.4 Å². The third-order valence-corrected chi connectivity index (χ3v) is 8.33. The molecule has 1 N–H and O–H groups in total. The van der Waals surface area contributed by atoms with Crippen molar-refractivity contribution < 1.29 is 18.7 Å². The number of para-hydroxylation sites is 1.